The highest BCUT2D eigenvalue weighted by Gasteiger charge is 2.07. The zero-order chi connectivity index (χ0) is 19.9. The first-order valence-electron chi connectivity index (χ1n) is 9.54. The van der Waals surface area contributed by atoms with Crippen LogP contribution in [0.4, 0.5) is 0 Å². The van der Waals surface area contributed by atoms with Crippen LogP contribution in [0.5, 0.6) is 5.75 Å². The third kappa shape index (κ3) is 5.67. The van der Waals surface area contributed by atoms with Crippen LogP contribution >= 0.6 is 11.3 Å². The Morgan fingerprint density at radius 1 is 1.18 bits per heavy atom. The van der Waals surface area contributed by atoms with Crippen molar-refractivity contribution in [1.29, 1.82) is 0 Å². The van der Waals surface area contributed by atoms with E-state index in [4.69, 9.17) is 4.74 Å². The van der Waals surface area contributed by atoms with E-state index in [1.807, 2.05) is 25.1 Å². The Morgan fingerprint density at radius 2 is 1.96 bits per heavy atom. The minimum atomic E-state index is -0.0791. The molecule has 5 heteroatoms. The second kappa shape index (κ2) is 9.51. The maximum absolute atomic E-state index is 12.4. The molecule has 1 aromatic heterocycles. The minimum absolute atomic E-state index is 0.0791. The van der Waals surface area contributed by atoms with Crippen molar-refractivity contribution in [3.8, 4) is 17.0 Å². The zero-order valence-electron chi connectivity index (χ0n) is 16.6. The number of nitrogens with one attached hydrogen (secondary N) is 1. The van der Waals surface area contributed by atoms with Crippen molar-refractivity contribution in [2.45, 2.75) is 27.2 Å². The molecule has 0 saturated carbocycles. The fourth-order valence-electron chi connectivity index (χ4n) is 2.75. The van der Waals surface area contributed by atoms with Crippen molar-refractivity contribution >= 4 is 17.2 Å². The van der Waals surface area contributed by atoms with Crippen LogP contribution in [0.1, 0.15) is 34.8 Å². The van der Waals surface area contributed by atoms with Crippen LogP contribution in [0.3, 0.4) is 0 Å². The Bertz CT molecular complexity index is 916. The summed E-state index contributed by atoms with van der Waals surface area (Å²) in [5.41, 5.74) is 3.94. The van der Waals surface area contributed by atoms with E-state index in [1.54, 1.807) is 17.4 Å². The summed E-state index contributed by atoms with van der Waals surface area (Å²) in [6, 6.07) is 15.7. The largest absolute Gasteiger partial charge is 0.493 e. The SMILES string of the molecule is Cc1nc(-c2ccc(CCNC(=O)c3cccc(OCC(C)C)c3)cc2)cs1. The molecule has 3 rings (SSSR count). The predicted octanol–water partition coefficient (Wildman–Crippen LogP) is 5.13. The van der Waals surface area contributed by atoms with Gasteiger partial charge in [-0.3, -0.25) is 4.79 Å². The molecular weight excluding hydrogens is 368 g/mol. The molecule has 1 amide bonds. The number of hydrogen-bond acceptors (Lipinski definition) is 4. The lowest BCUT2D eigenvalue weighted by molar-refractivity contribution is 0.0953. The van der Waals surface area contributed by atoms with Crippen LogP contribution in [0, 0.1) is 12.8 Å². The quantitative estimate of drug-likeness (QED) is 0.576. The number of amides is 1. The summed E-state index contributed by atoms with van der Waals surface area (Å²) in [4.78, 5) is 16.9. The number of ether oxygens (including phenoxy) is 1. The fourth-order valence-corrected chi connectivity index (χ4v) is 3.37. The van der Waals surface area contributed by atoms with Gasteiger partial charge < -0.3 is 10.1 Å². The molecular formula is C23H26N2O2S. The predicted molar refractivity (Wildman–Crippen MR) is 115 cm³/mol. The molecule has 3 aromatic rings. The van der Waals surface area contributed by atoms with E-state index in [0.29, 0.717) is 24.6 Å². The highest BCUT2D eigenvalue weighted by atomic mass is 32.1. The number of hydrogen-bond donors (Lipinski definition) is 1. The third-order valence-corrected chi connectivity index (χ3v) is 5.02. The molecule has 0 spiro atoms. The second-order valence-corrected chi connectivity index (χ2v) is 8.25. The highest BCUT2D eigenvalue weighted by molar-refractivity contribution is 7.09. The maximum Gasteiger partial charge on any atom is 0.251 e. The number of carbonyl (C=O) groups excluding carboxylic acids is 1. The molecule has 1 heterocycles. The summed E-state index contributed by atoms with van der Waals surface area (Å²) in [6.45, 7) is 7.44. The summed E-state index contributed by atoms with van der Waals surface area (Å²) in [6.07, 6.45) is 0.783. The molecule has 0 atom stereocenters. The molecule has 0 bridgehead atoms. The van der Waals surface area contributed by atoms with E-state index in [0.717, 1.165) is 28.4 Å². The summed E-state index contributed by atoms with van der Waals surface area (Å²) in [7, 11) is 0. The van der Waals surface area contributed by atoms with E-state index in [9.17, 15) is 4.79 Å². The van der Waals surface area contributed by atoms with Crippen LogP contribution in [0.2, 0.25) is 0 Å². The molecule has 0 fully saturated rings. The van der Waals surface area contributed by atoms with Crippen molar-refractivity contribution in [3.05, 3.63) is 70.0 Å². The number of nitrogens with zero attached hydrogens (tertiary/aromatic N) is 1. The first kappa shape index (κ1) is 20.1. The van der Waals surface area contributed by atoms with Gasteiger partial charge in [-0.25, -0.2) is 4.98 Å². The zero-order valence-corrected chi connectivity index (χ0v) is 17.4. The van der Waals surface area contributed by atoms with Crippen molar-refractivity contribution in [3.63, 3.8) is 0 Å². The fraction of sp³-hybridized carbons (Fsp3) is 0.304. The van der Waals surface area contributed by atoms with Gasteiger partial charge in [-0.2, -0.15) is 0 Å². The van der Waals surface area contributed by atoms with Crippen molar-refractivity contribution < 1.29 is 9.53 Å². The molecule has 28 heavy (non-hydrogen) atoms. The summed E-state index contributed by atoms with van der Waals surface area (Å²) in [5, 5.41) is 6.13. The Kier molecular flexibility index (Phi) is 6.82. The van der Waals surface area contributed by atoms with Crippen LogP contribution in [-0.4, -0.2) is 24.0 Å². The smallest absolute Gasteiger partial charge is 0.251 e. The Hall–Kier alpha value is -2.66. The molecule has 0 saturated heterocycles. The first-order chi connectivity index (χ1) is 13.5. The van der Waals surface area contributed by atoms with Gasteiger partial charge in [0.15, 0.2) is 0 Å². The Morgan fingerprint density at radius 3 is 2.64 bits per heavy atom. The monoisotopic (exact) mass is 394 g/mol. The van der Waals surface area contributed by atoms with Gasteiger partial charge in [-0.1, -0.05) is 44.2 Å². The van der Waals surface area contributed by atoms with Gasteiger partial charge in [-0.05, 0) is 43.0 Å². The molecule has 0 aliphatic heterocycles. The van der Waals surface area contributed by atoms with Gasteiger partial charge in [0.2, 0.25) is 0 Å². The molecule has 0 radical (unpaired) electrons. The number of aryl methyl sites for hydroxylation is 1. The van der Waals surface area contributed by atoms with Crippen LogP contribution in [0.15, 0.2) is 53.9 Å². The topological polar surface area (TPSA) is 51.2 Å². The van der Waals surface area contributed by atoms with E-state index in [1.165, 1.54) is 5.56 Å². The van der Waals surface area contributed by atoms with Crippen molar-refractivity contribution in [1.82, 2.24) is 10.3 Å². The minimum Gasteiger partial charge on any atom is -0.493 e. The van der Waals surface area contributed by atoms with Gasteiger partial charge in [-0.15, -0.1) is 11.3 Å². The normalized spacial score (nSPS) is 10.9. The van der Waals surface area contributed by atoms with E-state index < -0.39 is 0 Å². The molecule has 2 aromatic carbocycles. The Balaban J connectivity index is 1.50. The number of rotatable bonds is 8. The molecule has 0 unspecified atom stereocenters. The number of carbonyl (C=O) groups is 1. The molecule has 4 nitrogen and oxygen atoms in total. The Labute approximate surface area is 170 Å². The van der Waals surface area contributed by atoms with Gasteiger partial charge in [0.1, 0.15) is 5.75 Å². The van der Waals surface area contributed by atoms with Gasteiger partial charge >= 0.3 is 0 Å². The average molecular weight is 395 g/mol. The lowest BCUT2D eigenvalue weighted by atomic mass is 10.1. The summed E-state index contributed by atoms with van der Waals surface area (Å²) < 4.78 is 5.70. The van der Waals surface area contributed by atoms with Crippen LogP contribution in [-0.2, 0) is 6.42 Å². The molecule has 146 valence electrons. The van der Waals surface area contributed by atoms with Crippen molar-refractivity contribution in [2.24, 2.45) is 5.92 Å². The van der Waals surface area contributed by atoms with E-state index in [2.05, 4.69) is 53.8 Å². The van der Waals surface area contributed by atoms with Gasteiger partial charge in [0, 0.05) is 23.1 Å². The van der Waals surface area contributed by atoms with E-state index >= 15 is 0 Å². The summed E-state index contributed by atoms with van der Waals surface area (Å²) >= 11 is 1.66. The van der Waals surface area contributed by atoms with Crippen LogP contribution in [0.25, 0.3) is 11.3 Å². The number of aromatic nitrogens is 1. The third-order valence-electron chi connectivity index (χ3n) is 4.25. The first-order valence-corrected chi connectivity index (χ1v) is 10.4. The molecule has 0 aliphatic rings. The van der Waals surface area contributed by atoms with Crippen molar-refractivity contribution in [2.75, 3.05) is 13.2 Å². The van der Waals surface area contributed by atoms with E-state index in [-0.39, 0.29) is 5.91 Å². The van der Waals surface area contributed by atoms with Crippen LogP contribution < -0.4 is 10.1 Å². The van der Waals surface area contributed by atoms with Gasteiger partial charge in [0.05, 0.1) is 17.3 Å². The highest BCUT2D eigenvalue weighted by Crippen LogP contribution is 2.22. The number of thiazole rings is 1. The molecule has 0 aliphatic carbocycles. The molecule has 1 N–H and O–H groups in total. The lowest BCUT2D eigenvalue weighted by Gasteiger charge is -2.10. The average Bonchev–Trinajstić information content (AvgIpc) is 3.13. The maximum atomic E-state index is 12.4. The van der Waals surface area contributed by atoms with Gasteiger partial charge in [0.25, 0.3) is 5.91 Å². The lowest BCUT2D eigenvalue weighted by Crippen LogP contribution is -2.25. The number of benzene rings is 2. The second-order valence-electron chi connectivity index (χ2n) is 7.19. The standard InChI is InChI=1S/C23H26N2O2S/c1-16(2)14-27-21-6-4-5-20(13-21)23(26)24-12-11-18-7-9-19(10-8-18)22-15-28-17(3)25-22/h4-10,13,15-16H,11-12,14H2,1-3H3,(H,24,26). The summed E-state index contributed by atoms with van der Waals surface area (Å²) in [5.74, 6) is 1.10.